The van der Waals surface area contributed by atoms with Crippen LogP contribution in [-0.2, 0) is 0 Å². The molecule has 0 radical (unpaired) electrons. The summed E-state index contributed by atoms with van der Waals surface area (Å²) >= 11 is 1.68. The maximum atomic E-state index is 13.8. The van der Waals surface area contributed by atoms with Gasteiger partial charge in [0.05, 0.1) is 17.3 Å². The van der Waals surface area contributed by atoms with E-state index in [9.17, 15) is 4.39 Å². The van der Waals surface area contributed by atoms with Gasteiger partial charge in [-0.2, -0.15) is 5.26 Å². The van der Waals surface area contributed by atoms with Gasteiger partial charge in [-0.15, -0.1) is 0 Å². The van der Waals surface area contributed by atoms with Crippen molar-refractivity contribution in [2.24, 2.45) is 10.4 Å². The molecule has 0 bridgehead atoms. The van der Waals surface area contributed by atoms with Crippen LogP contribution in [0, 0.1) is 22.6 Å². The molecular weight excluding hydrogens is 273 g/mol. The molecule has 20 heavy (non-hydrogen) atoms. The quantitative estimate of drug-likeness (QED) is 0.856. The van der Waals surface area contributed by atoms with Gasteiger partial charge in [-0.3, -0.25) is 4.99 Å². The molecule has 5 heteroatoms. The second-order valence-electron chi connectivity index (χ2n) is 5.55. The molecule has 0 amide bonds. The van der Waals surface area contributed by atoms with Crippen molar-refractivity contribution in [3.63, 3.8) is 0 Å². The fourth-order valence-corrected chi connectivity index (χ4v) is 4.02. The molecule has 1 fully saturated rings. The van der Waals surface area contributed by atoms with Gasteiger partial charge in [-0.1, -0.05) is 24.6 Å². The zero-order valence-electron chi connectivity index (χ0n) is 11.2. The largest absolute Gasteiger partial charge is 0.333 e. The lowest BCUT2D eigenvalue weighted by Gasteiger charge is -2.31. The topological polar surface area (TPSA) is 48.2 Å². The van der Waals surface area contributed by atoms with E-state index in [0.717, 1.165) is 17.5 Å². The fraction of sp³-hybridized carbons (Fsp3) is 0.467. The van der Waals surface area contributed by atoms with E-state index in [4.69, 9.17) is 5.26 Å². The molecule has 1 spiro atoms. The summed E-state index contributed by atoms with van der Waals surface area (Å²) in [6.07, 6.45) is 5.15. The first-order valence-corrected chi connectivity index (χ1v) is 7.83. The van der Waals surface area contributed by atoms with Crippen LogP contribution in [-0.4, -0.2) is 17.5 Å². The van der Waals surface area contributed by atoms with Crippen molar-refractivity contribution < 1.29 is 4.39 Å². The normalized spacial score (nSPS) is 20.5. The van der Waals surface area contributed by atoms with Crippen LogP contribution in [0.5, 0.6) is 0 Å². The van der Waals surface area contributed by atoms with E-state index >= 15 is 0 Å². The molecule has 0 saturated heterocycles. The van der Waals surface area contributed by atoms with Crippen LogP contribution >= 0.6 is 11.8 Å². The van der Waals surface area contributed by atoms with Crippen molar-refractivity contribution in [2.75, 3.05) is 17.6 Å². The minimum Gasteiger partial charge on any atom is -0.333 e. The summed E-state index contributed by atoms with van der Waals surface area (Å²) in [5.41, 5.74) is 1.10. The Bertz CT molecular complexity index is 585. The van der Waals surface area contributed by atoms with Crippen molar-refractivity contribution in [2.45, 2.75) is 25.7 Å². The van der Waals surface area contributed by atoms with Gasteiger partial charge >= 0.3 is 0 Å². The average Bonchev–Trinajstić information content (AvgIpc) is 2.92. The number of anilines is 1. The van der Waals surface area contributed by atoms with Crippen molar-refractivity contribution in [3.8, 4) is 6.07 Å². The van der Waals surface area contributed by atoms with Crippen LogP contribution in [0.4, 0.5) is 10.1 Å². The minimum absolute atomic E-state index is 0.330. The molecule has 1 heterocycles. The predicted molar refractivity (Wildman–Crippen MR) is 80.4 cm³/mol. The van der Waals surface area contributed by atoms with Gasteiger partial charge in [0.1, 0.15) is 5.82 Å². The Morgan fingerprint density at radius 2 is 2.15 bits per heavy atom. The Labute approximate surface area is 122 Å². The highest BCUT2D eigenvalue weighted by Gasteiger charge is 2.36. The Morgan fingerprint density at radius 1 is 1.35 bits per heavy atom. The number of halogens is 1. The number of nitrogens with one attached hydrogen (secondary N) is 1. The smallest absolute Gasteiger partial charge is 0.161 e. The lowest BCUT2D eigenvalue weighted by molar-refractivity contribution is 0.359. The average molecular weight is 289 g/mol. The van der Waals surface area contributed by atoms with E-state index in [0.29, 0.717) is 16.7 Å². The highest BCUT2D eigenvalue weighted by atomic mass is 32.2. The first kappa shape index (κ1) is 13.4. The predicted octanol–water partition coefficient (Wildman–Crippen LogP) is 3.77. The second-order valence-corrected chi connectivity index (χ2v) is 6.51. The van der Waals surface area contributed by atoms with E-state index in [1.54, 1.807) is 23.9 Å². The van der Waals surface area contributed by atoms with Gasteiger partial charge < -0.3 is 5.32 Å². The zero-order valence-corrected chi connectivity index (χ0v) is 12.0. The molecule has 0 atom stereocenters. The number of nitrogens with zero attached hydrogens (tertiary/aromatic N) is 2. The lowest BCUT2D eigenvalue weighted by atomic mass is 9.89. The number of aliphatic imine (C=N–C) groups is 1. The number of benzene rings is 1. The molecule has 0 aromatic heterocycles. The maximum Gasteiger partial charge on any atom is 0.161 e. The van der Waals surface area contributed by atoms with Gasteiger partial charge in [-0.25, -0.2) is 4.39 Å². The third kappa shape index (κ3) is 2.66. The number of hydrogen-bond acceptors (Lipinski definition) is 4. The summed E-state index contributed by atoms with van der Waals surface area (Å²) in [5.74, 6) is 0.657. The van der Waals surface area contributed by atoms with E-state index in [-0.39, 0.29) is 0 Å². The van der Waals surface area contributed by atoms with Crippen LogP contribution in [0.2, 0.25) is 0 Å². The third-order valence-corrected chi connectivity index (χ3v) is 5.34. The Morgan fingerprint density at radius 3 is 2.75 bits per heavy atom. The second kappa shape index (κ2) is 5.45. The maximum absolute atomic E-state index is 13.8. The Balaban J connectivity index is 1.70. The van der Waals surface area contributed by atoms with Gasteiger partial charge in [0.15, 0.2) is 5.17 Å². The monoisotopic (exact) mass is 289 g/mol. The first-order chi connectivity index (χ1) is 9.71. The number of hydrogen-bond donors (Lipinski definition) is 1. The number of amidine groups is 1. The van der Waals surface area contributed by atoms with Crippen LogP contribution in [0.15, 0.2) is 23.2 Å². The minimum atomic E-state index is -0.409. The Kier molecular flexibility index (Phi) is 3.66. The van der Waals surface area contributed by atoms with Gasteiger partial charge in [0, 0.05) is 12.3 Å². The number of thioether (sulfide) groups is 1. The molecule has 0 unspecified atom stereocenters. The molecule has 1 saturated carbocycles. The molecule has 1 aliphatic carbocycles. The highest BCUT2D eigenvalue weighted by molar-refractivity contribution is 8.14. The lowest BCUT2D eigenvalue weighted by Crippen LogP contribution is -2.30. The third-order valence-electron chi connectivity index (χ3n) is 4.08. The summed E-state index contributed by atoms with van der Waals surface area (Å²) in [4.78, 5) is 4.58. The molecule has 3 rings (SSSR count). The SMILES string of the molecule is N#Cc1ccc(NC2=NCC3(CCCC3)CS2)c(F)c1. The zero-order chi connectivity index (χ0) is 14.0. The standard InChI is InChI=1S/C15H16FN3S/c16-12-7-11(8-17)3-4-13(12)19-14-18-9-15(10-20-14)5-1-2-6-15/h3-4,7H,1-2,5-6,9-10H2,(H,18,19). The number of nitriles is 1. The molecular formula is C15H16FN3S. The fourth-order valence-electron chi connectivity index (χ4n) is 2.86. The van der Waals surface area contributed by atoms with Crippen LogP contribution in [0.25, 0.3) is 0 Å². The number of rotatable bonds is 1. The molecule has 1 aromatic carbocycles. The first-order valence-electron chi connectivity index (χ1n) is 6.85. The van der Waals surface area contributed by atoms with E-state index in [1.807, 2.05) is 6.07 Å². The molecule has 1 aromatic rings. The van der Waals surface area contributed by atoms with Crippen molar-refractivity contribution in [1.82, 2.24) is 0 Å². The molecule has 3 nitrogen and oxygen atoms in total. The van der Waals surface area contributed by atoms with Crippen molar-refractivity contribution >= 4 is 22.6 Å². The Hall–Kier alpha value is -1.54. The summed E-state index contributed by atoms with van der Waals surface area (Å²) in [7, 11) is 0. The van der Waals surface area contributed by atoms with Gasteiger partial charge in [-0.05, 0) is 36.5 Å². The summed E-state index contributed by atoms with van der Waals surface area (Å²) in [5, 5.41) is 12.5. The van der Waals surface area contributed by atoms with Crippen LogP contribution < -0.4 is 5.32 Å². The van der Waals surface area contributed by atoms with Gasteiger partial charge in [0.25, 0.3) is 0 Å². The van der Waals surface area contributed by atoms with E-state index in [2.05, 4.69) is 10.3 Å². The summed E-state index contributed by atoms with van der Waals surface area (Å²) in [6, 6.07) is 6.38. The highest BCUT2D eigenvalue weighted by Crippen LogP contribution is 2.43. The van der Waals surface area contributed by atoms with E-state index in [1.165, 1.54) is 31.7 Å². The molecule has 104 valence electrons. The van der Waals surface area contributed by atoms with Crippen molar-refractivity contribution in [3.05, 3.63) is 29.6 Å². The summed E-state index contributed by atoms with van der Waals surface area (Å²) < 4.78 is 13.8. The summed E-state index contributed by atoms with van der Waals surface area (Å²) in [6.45, 7) is 0.847. The molecule has 1 aliphatic heterocycles. The molecule has 2 aliphatic rings. The van der Waals surface area contributed by atoms with Crippen LogP contribution in [0.1, 0.15) is 31.2 Å². The van der Waals surface area contributed by atoms with Gasteiger partial charge in [0.2, 0.25) is 0 Å². The molecule has 1 N–H and O–H groups in total. The van der Waals surface area contributed by atoms with Crippen LogP contribution in [0.3, 0.4) is 0 Å². The van der Waals surface area contributed by atoms with Crippen molar-refractivity contribution in [1.29, 1.82) is 5.26 Å². The van der Waals surface area contributed by atoms with E-state index < -0.39 is 5.82 Å².